The van der Waals surface area contributed by atoms with Crippen molar-refractivity contribution in [2.75, 3.05) is 18.4 Å². The van der Waals surface area contributed by atoms with Crippen LogP contribution in [0.2, 0.25) is 0 Å². The topological polar surface area (TPSA) is 49.4 Å². The molecule has 0 aliphatic carbocycles. The number of aryl methyl sites for hydroxylation is 1. The number of anilines is 1. The summed E-state index contributed by atoms with van der Waals surface area (Å²) in [5, 5.41) is 2.64. The van der Waals surface area contributed by atoms with Crippen LogP contribution in [0.3, 0.4) is 0 Å². The second-order valence-electron chi connectivity index (χ2n) is 6.43. The van der Waals surface area contributed by atoms with Crippen molar-refractivity contribution in [1.82, 2.24) is 4.90 Å². The summed E-state index contributed by atoms with van der Waals surface area (Å²) >= 11 is 0. The van der Waals surface area contributed by atoms with Gasteiger partial charge in [0.1, 0.15) is 5.82 Å². The summed E-state index contributed by atoms with van der Waals surface area (Å²) in [6.07, 6.45) is 1.45. The van der Waals surface area contributed by atoms with Crippen molar-refractivity contribution in [3.05, 3.63) is 65.5 Å². The van der Waals surface area contributed by atoms with Crippen LogP contribution >= 0.6 is 0 Å². The van der Waals surface area contributed by atoms with Crippen LogP contribution in [0.4, 0.5) is 10.1 Å². The summed E-state index contributed by atoms with van der Waals surface area (Å²) in [4.78, 5) is 26.8. The van der Waals surface area contributed by atoms with Crippen LogP contribution in [-0.2, 0) is 4.79 Å². The Labute approximate surface area is 146 Å². The van der Waals surface area contributed by atoms with Crippen LogP contribution in [0.25, 0.3) is 0 Å². The van der Waals surface area contributed by atoms with E-state index in [1.165, 1.54) is 12.1 Å². The fourth-order valence-corrected chi connectivity index (χ4v) is 3.13. The SMILES string of the molecule is Cc1cccc(C(=O)N2CCC[C@@H](C(=O)Nc3ccccc3F)C2)c1. The molecule has 2 aromatic carbocycles. The minimum atomic E-state index is -0.459. The van der Waals surface area contributed by atoms with E-state index in [1.807, 2.05) is 25.1 Å². The Morgan fingerprint density at radius 2 is 1.96 bits per heavy atom. The second-order valence-corrected chi connectivity index (χ2v) is 6.43. The summed E-state index contributed by atoms with van der Waals surface area (Å²) in [6.45, 7) is 2.93. The van der Waals surface area contributed by atoms with Crippen LogP contribution in [0, 0.1) is 18.7 Å². The number of nitrogens with one attached hydrogen (secondary N) is 1. The zero-order valence-corrected chi connectivity index (χ0v) is 14.2. The molecule has 1 N–H and O–H groups in total. The zero-order chi connectivity index (χ0) is 17.8. The zero-order valence-electron chi connectivity index (χ0n) is 14.2. The molecule has 0 radical (unpaired) electrons. The van der Waals surface area contributed by atoms with Gasteiger partial charge in [0.05, 0.1) is 11.6 Å². The lowest BCUT2D eigenvalue weighted by Crippen LogP contribution is -2.43. The van der Waals surface area contributed by atoms with Gasteiger partial charge in [-0.05, 0) is 44.0 Å². The van der Waals surface area contributed by atoms with E-state index in [2.05, 4.69) is 5.32 Å². The molecule has 130 valence electrons. The molecular formula is C20H21FN2O2. The van der Waals surface area contributed by atoms with Crippen molar-refractivity contribution in [2.45, 2.75) is 19.8 Å². The molecule has 2 aromatic rings. The molecule has 25 heavy (non-hydrogen) atoms. The maximum Gasteiger partial charge on any atom is 0.253 e. The number of rotatable bonds is 3. The highest BCUT2D eigenvalue weighted by molar-refractivity contribution is 5.96. The number of likely N-dealkylation sites (tertiary alicyclic amines) is 1. The standard InChI is InChI=1S/C20H21FN2O2/c1-14-6-4-7-15(12-14)20(25)23-11-5-8-16(13-23)19(24)22-18-10-3-2-9-17(18)21/h2-4,6-7,9-10,12,16H,5,8,11,13H2,1H3,(H,22,24)/t16-/m1/s1. The van der Waals surface area contributed by atoms with E-state index in [4.69, 9.17) is 0 Å². The van der Waals surface area contributed by atoms with Gasteiger partial charge in [0, 0.05) is 18.7 Å². The predicted molar refractivity (Wildman–Crippen MR) is 94.8 cm³/mol. The Kier molecular flexibility index (Phi) is 5.12. The number of carbonyl (C=O) groups excluding carboxylic acids is 2. The van der Waals surface area contributed by atoms with Gasteiger partial charge in [-0.1, -0.05) is 29.8 Å². The number of benzene rings is 2. The average molecular weight is 340 g/mol. The van der Waals surface area contributed by atoms with Crippen LogP contribution < -0.4 is 5.32 Å². The molecule has 1 aliphatic rings. The largest absolute Gasteiger partial charge is 0.338 e. The summed E-state index contributed by atoms with van der Waals surface area (Å²) in [5.41, 5.74) is 1.83. The Morgan fingerprint density at radius 1 is 1.16 bits per heavy atom. The average Bonchev–Trinajstić information content (AvgIpc) is 2.63. The first-order valence-corrected chi connectivity index (χ1v) is 8.46. The first-order valence-electron chi connectivity index (χ1n) is 8.46. The van der Waals surface area contributed by atoms with Crippen molar-refractivity contribution in [3.63, 3.8) is 0 Å². The summed E-state index contributed by atoms with van der Waals surface area (Å²) in [6, 6.07) is 13.5. The summed E-state index contributed by atoms with van der Waals surface area (Å²) in [7, 11) is 0. The number of nitrogens with zero attached hydrogens (tertiary/aromatic N) is 1. The summed E-state index contributed by atoms with van der Waals surface area (Å²) in [5.74, 6) is -1.10. The Bertz CT molecular complexity index is 791. The quantitative estimate of drug-likeness (QED) is 0.928. The molecule has 5 heteroatoms. The van der Waals surface area contributed by atoms with Gasteiger partial charge in [-0.25, -0.2) is 4.39 Å². The number of amides is 2. The van der Waals surface area contributed by atoms with E-state index in [-0.39, 0.29) is 23.4 Å². The molecule has 2 amide bonds. The second kappa shape index (κ2) is 7.47. The molecule has 1 fully saturated rings. The molecule has 0 unspecified atom stereocenters. The molecular weight excluding hydrogens is 319 g/mol. The first-order chi connectivity index (χ1) is 12.0. The molecule has 4 nitrogen and oxygen atoms in total. The third-order valence-electron chi connectivity index (χ3n) is 4.48. The first kappa shape index (κ1) is 17.1. The van der Waals surface area contributed by atoms with Gasteiger partial charge in [0.15, 0.2) is 0 Å². The Hall–Kier alpha value is -2.69. The van der Waals surface area contributed by atoms with E-state index in [1.54, 1.807) is 23.1 Å². The molecule has 0 aromatic heterocycles. The number of para-hydroxylation sites is 1. The fraction of sp³-hybridized carbons (Fsp3) is 0.300. The van der Waals surface area contributed by atoms with Crippen LogP contribution in [0.5, 0.6) is 0 Å². The smallest absolute Gasteiger partial charge is 0.253 e. The van der Waals surface area contributed by atoms with Crippen molar-refractivity contribution in [2.24, 2.45) is 5.92 Å². The molecule has 1 saturated heterocycles. The highest BCUT2D eigenvalue weighted by Crippen LogP contribution is 2.21. The Balaban J connectivity index is 1.67. The molecule has 1 aliphatic heterocycles. The molecule has 0 bridgehead atoms. The summed E-state index contributed by atoms with van der Waals surface area (Å²) < 4.78 is 13.7. The van der Waals surface area contributed by atoms with E-state index in [0.29, 0.717) is 25.1 Å². The lowest BCUT2D eigenvalue weighted by Gasteiger charge is -2.32. The van der Waals surface area contributed by atoms with Gasteiger partial charge >= 0.3 is 0 Å². The lowest BCUT2D eigenvalue weighted by molar-refractivity contribution is -0.121. The minimum Gasteiger partial charge on any atom is -0.338 e. The van der Waals surface area contributed by atoms with Crippen molar-refractivity contribution in [1.29, 1.82) is 0 Å². The van der Waals surface area contributed by atoms with Gasteiger partial charge < -0.3 is 10.2 Å². The number of hydrogen-bond acceptors (Lipinski definition) is 2. The number of halogens is 1. The predicted octanol–water partition coefficient (Wildman–Crippen LogP) is 3.63. The molecule has 3 rings (SSSR count). The van der Waals surface area contributed by atoms with E-state index >= 15 is 0 Å². The number of piperidine rings is 1. The maximum absolute atomic E-state index is 13.7. The van der Waals surface area contributed by atoms with Crippen molar-refractivity contribution < 1.29 is 14.0 Å². The van der Waals surface area contributed by atoms with Crippen LogP contribution in [-0.4, -0.2) is 29.8 Å². The van der Waals surface area contributed by atoms with Gasteiger partial charge in [-0.15, -0.1) is 0 Å². The van der Waals surface area contributed by atoms with Crippen molar-refractivity contribution >= 4 is 17.5 Å². The third kappa shape index (κ3) is 4.05. The molecule has 0 spiro atoms. The van der Waals surface area contributed by atoms with Gasteiger partial charge in [-0.2, -0.15) is 0 Å². The highest BCUT2D eigenvalue weighted by atomic mass is 19.1. The van der Waals surface area contributed by atoms with Crippen LogP contribution in [0.1, 0.15) is 28.8 Å². The molecule has 1 heterocycles. The van der Waals surface area contributed by atoms with Gasteiger partial charge in [0.2, 0.25) is 5.91 Å². The van der Waals surface area contributed by atoms with Crippen molar-refractivity contribution in [3.8, 4) is 0 Å². The van der Waals surface area contributed by atoms with E-state index in [9.17, 15) is 14.0 Å². The normalized spacial score (nSPS) is 17.2. The molecule has 1 atom stereocenters. The number of hydrogen-bond donors (Lipinski definition) is 1. The van der Waals surface area contributed by atoms with Gasteiger partial charge in [0.25, 0.3) is 5.91 Å². The third-order valence-corrected chi connectivity index (χ3v) is 4.48. The van der Waals surface area contributed by atoms with Gasteiger partial charge in [-0.3, -0.25) is 9.59 Å². The molecule has 0 saturated carbocycles. The fourth-order valence-electron chi connectivity index (χ4n) is 3.13. The van der Waals surface area contributed by atoms with E-state index < -0.39 is 5.82 Å². The monoisotopic (exact) mass is 340 g/mol. The van der Waals surface area contributed by atoms with E-state index in [0.717, 1.165) is 12.0 Å². The highest BCUT2D eigenvalue weighted by Gasteiger charge is 2.29. The number of carbonyl (C=O) groups is 2. The Morgan fingerprint density at radius 3 is 2.72 bits per heavy atom. The van der Waals surface area contributed by atoms with Crippen LogP contribution in [0.15, 0.2) is 48.5 Å². The lowest BCUT2D eigenvalue weighted by atomic mass is 9.96. The minimum absolute atomic E-state index is 0.0629. The maximum atomic E-state index is 13.7.